The number of carboxylic acids is 1. The molecule has 1 aliphatic carbocycles. The number of benzene rings is 1. The van der Waals surface area contributed by atoms with Crippen LogP contribution in [-0.4, -0.2) is 16.1 Å². The standard InChI is InChI=1S/C18H15ClN2O2/c19-14-5-4-13(18(22)23)15-11-2-1-3-12(11)16(21-17(14)15)10-6-8-20-9-7-10/h1-2,4-9,11-12,16,21H,3H2,(H,22,23)/t11-,12+,16-/m1/s1. The van der Waals surface area contributed by atoms with Gasteiger partial charge in [-0.3, -0.25) is 4.98 Å². The molecule has 116 valence electrons. The van der Waals surface area contributed by atoms with Crippen LogP contribution in [0.15, 0.2) is 48.8 Å². The fraction of sp³-hybridized carbons (Fsp3) is 0.222. The second-order valence-electron chi connectivity index (χ2n) is 5.94. The topological polar surface area (TPSA) is 62.2 Å². The van der Waals surface area contributed by atoms with Crippen molar-refractivity contribution in [3.63, 3.8) is 0 Å². The molecule has 2 aromatic rings. The molecule has 1 aromatic heterocycles. The Morgan fingerprint density at radius 3 is 2.78 bits per heavy atom. The maximum atomic E-state index is 11.6. The predicted molar refractivity (Wildman–Crippen MR) is 89.0 cm³/mol. The van der Waals surface area contributed by atoms with Crippen LogP contribution in [0, 0.1) is 5.92 Å². The lowest BCUT2D eigenvalue weighted by molar-refractivity contribution is 0.0695. The Labute approximate surface area is 138 Å². The number of nitrogens with one attached hydrogen (secondary N) is 1. The monoisotopic (exact) mass is 326 g/mol. The van der Waals surface area contributed by atoms with E-state index in [1.54, 1.807) is 24.5 Å². The molecule has 2 aliphatic rings. The first-order chi connectivity index (χ1) is 11.2. The molecule has 0 radical (unpaired) electrons. The first kappa shape index (κ1) is 14.3. The van der Waals surface area contributed by atoms with Gasteiger partial charge in [0.05, 0.1) is 22.3 Å². The van der Waals surface area contributed by atoms with Gasteiger partial charge in [0.25, 0.3) is 0 Å². The van der Waals surface area contributed by atoms with Crippen molar-refractivity contribution in [2.24, 2.45) is 5.92 Å². The average Bonchev–Trinajstić information content (AvgIpc) is 3.05. The van der Waals surface area contributed by atoms with Crippen molar-refractivity contribution in [3.05, 3.63) is 70.5 Å². The molecule has 0 amide bonds. The molecule has 1 aromatic carbocycles. The van der Waals surface area contributed by atoms with Crippen molar-refractivity contribution in [2.45, 2.75) is 18.4 Å². The number of aromatic carboxylic acids is 1. The summed E-state index contributed by atoms with van der Waals surface area (Å²) in [5.74, 6) is -0.572. The highest BCUT2D eigenvalue weighted by Crippen LogP contribution is 2.52. The van der Waals surface area contributed by atoms with E-state index in [0.717, 1.165) is 23.2 Å². The zero-order chi connectivity index (χ0) is 16.0. The maximum absolute atomic E-state index is 11.6. The summed E-state index contributed by atoms with van der Waals surface area (Å²) in [7, 11) is 0. The highest BCUT2D eigenvalue weighted by molar-refractivity contribution is 6.33. The molecule has 2 heterocycles. The van der Waals surface area contributed by atoms with Gasteiger partial charge in [-0.15, -0.1) is 0 Å². The first-order valence-electron chi connectivity index (χ1n) is 7.55. The zero-order valence-electron chi connectivity index (χ0n) is 12.2. The van der Waals surface area contributed by atoms with Crippen LogP contribution in [0.3, 0.4) is 0 Å². The Morgan fingerprint density at radius 2 is 2.04 bits per heavy atom. The number of halogens is 1. The number of carboxylic acid groups (broad SMARTS) is 1. The van der Waals surface area contributed by atoms with Gasteiger partial charge < -0.3 is 10.4 Å². The number of anilines is 1. The molecule has 0 unspecified atom stereocenters. The van der Waals surface area contributed by atoms with E-state index in [2.05, 4.69) is 22.5 Å². The Balaban J connectivity index is 1.89. The van der Waals surface area contributed by atoms with Crippen molar-refractivity contribution in [3.8, 4) is 0 Å². The molecule has 0 spiro atoms. The smallest absolute Gasteiger partial charge is 0.336 e. The summed E-state index contributed by atoms with van der Waals surface area (Å²) in [6, 6.07) is 7.33. The maximum Gasteiger partial charge on any atom is 0.336 e. The van der Waals surface area contributed by atoms with E-state index in [-0.39, 0.29) is 17.9 Å². The molecule has 0 saturated heterocycles. The van der Waals surface area contributed by atoms with Crippen LogP contribution in [0.5, 0.6) is 0 Å². The fourth-order valence-corrected chi connectivity index (χ4v) is 3.98. The largest absolute Gasteiger partial charge is 0.478 e. The van der Waals surface area contributed by atoms with Crippen LogP contribution in [0.25, 0.3) is 0 Å². The second-order valence-corrected chi connectivity index (χ2v) is 6.35. The lowest BCUT2D eigenvalue weighted by Crippen LogP contribution is -2.30. The van der Waals surface area contributed by atoms with Gasteiger partial charge in [0.2, 0.25) is 0 Å². The van der Waals surface area contributed by atoms with Crippen LogP contribution >= 0.6 is 11.6 Å². The first-order valence-corrected chi connectivity index (χ1v) is 7.93. The summed E-state index contributed by atoms with van der Waals surface area (Å²) in [6.07, 6.45) is 8.71. The van der Waals surface area contributed by atoms with Gasteiger partial charge in [-0.2, -0.15) is 0 Å². The third kappa shape index (κ3) is 2.21. The summed E-state index contributed by atoms with van der Waals surface area (Å²) in [6.45, 7) is 0. The van der Waals surface area contributed by atoms with Crippen LogP contribution in [0.4, 0.5) is 5.69 Å². The molecule has 0 fully saturated rings. The van der Waals surface area contributed by atoms with Gasteiger partial charge in [-0.05, 0) is 47.7 Å². The molecule has 2 N–H and O–H groups in total. The molecule has 0 bridgehead atoms. The van der Waals surface area contributed by atoms with Crippen LogP contribution in [-0.2, 0) is 0 Å². The number of nitrogens with zero attached hydrogens (tertiary/aromatic N) is 1. The van der Waals surface area contributed by atoms with Crippen molar-refractivity contribution >= 4 is 23.3 Å². The number of hydrogen-bond donors (Lipinski definition) is 2. The summed E-state index contributed by atoms with van der Waals surface area (Å²) < 4.78 is 0. The fourth-order valence-electron chi connectivity index (χ4n) is 3.76. The van der Waals surface area contributed by atoms with E-state index in [4.69, 9.17) is 11.6 Å². The Morgan fingerprint density at radius 1 is 1.26 bits per heavy atom. The summed E-state index contributed by atoms with van der Waals surface area (Å²) in [5, 5.41) is 13.6. The second kappa shape index (κ2) is 5.39. The quantitative estimate of drug-likeness (QED) is 0.809. The Bertz CT molecular complexity index is 804. The van der Waals surface area contributed by atoms with Crippen LogP contribution in [0.1, 0.15) is 39.9 Å². The van der Waals surface area contributed by atoms with Gasteiger partial charge in [-0.25, -0.2) is 4.79 Å². The van der Waals surface area contributed by atoms with Crippen molar-refractivity contribution < 1.29 is 9.90 Å². The lowest BCUT2D eigenvalue weighted by atomic mass is 9.75. The third-order valence-corrected chi connectivity index (χ3v) is 5.08. The molecule has 4 nitrogen and oxygen atoms in total. The summed E-state index contributed by atoms with van der Waals surface area (Å²) in [4.78, 5) is 15.7. The Kier molecular flexibility index (Phi) is 3.34. The molecule has 1 aliphatic heterocycles. The van der Waals surface area contributed by atoms with E-state index in [1.807, 2.05) is 12.1 Å². The minimum atomic E-state index is -0.916. The molecular formula is C18H15ClN2O2. The number of aromatic nitrogens is 1. The number of allylic oxidation sites excluding steroid dienone is 2. The molecule has 0 saturated carbocycles. The highest BCUT2D eigenvalue weighted by atomic mass is 35.5. The summed E-state index contributed by atoms with van der Waals surface area (Å²) in [5.41, 5.74) is 3.00. The molecule has 4 rings (SSSR count). The lowest BCUT2D eigenvalue weighted by Gasteiger charge is -2.38. The zero-order valence-corrected chi connectivity index (χ0v) is 13.0. The van der Waals surface area contributed by atoms with Gasteiger partial charge >= 0.3 is 5.97 Å². The van der Waals surface area contributed by atoms with Crippen molar-refractivity contribution in [1.82, 2.24) is 4.98 Å². The number of fused-ring (bicyclic) bond motifs is 3. The highest BCUT2D eigenvalue weighted by Gasteiger charge is 2.40. The molecule has 3 atom stereocenters. The third-order valence-electron chi connectivity index (χ3n) is 4.76. The van der Waals surface area contributed by atoms with Gasteiger partial charge in [-0.1, -0.05) is 23.8 Å². The van der Waals surface area contributed by atoms with Crippen molar-refractivity contribution in [1.29, 1.82) is 0 Å². The van der Waals surface area contributed by atoms with E-state index >= 15 is 0 Å². The Hall–Kier alpha value is -2.33. The van der Waals surface area contributed by atoms with Gasteiger partial charge in [0.15, 0.2) is 0 Å². The van der Waals surface area contributed by atoms with E-state index in [1.165, 1.54) is 0 Å². The minimum absolute atomic E-state index is 0.0641. The number of pyridine rings is 1. The molecule has 23 heavy (non-hydrogen) atoms. The molecular weight excluding hydrogens is 312 g/mol. The van der Waals surface area contributed by atoms with E-state index < -0.39 is 5.97 Å². The molecule has 5 heteroatoms. The van der Waals surface area contributed by atoms with E-state index in [9.17, 15) is 9.90 Å². The number of carbonyl (C=O) groups is 1. The van der Waals surface area contributed by atoms with Crippen molar-refractivity contribution in [2.75, 3.05) is 5.32 Å². The predicted octanol–water partition coefficient (Wildman–Crippen LogP) is 4.26. The normalized spacial score (nSPS) is 24.7. The van der Waals surface area contributed by atoms with Gasteiger partial charge in [0.1, 0.15) is 0 Å². The van der Waals surface area contributed by atoms with Crippen LogP contribution < -0.4 is 5.32 Å². The average molecular weight is 327 g/mol. The number of rotatable bonds is 2. The minimum Gasteiger partial charge on any atom is -0.478 e. The van der Waals surface area contributed by atoms with E-state index in [0.29, 0.717) is 10.6 Å². The van der Waals surface area contributed by atoms with Gasteiger partial charge in [0, 0.05) is 18.3 Å². The number of hydrogen-bond acceptors (Lipinski definition) is 3. The van der Waals surface area contributed by atoms with Crippen LogP contribution in [0.2, 0.25) is 5.02 Å². The summed E-state index contributed by atoms with van der Waals surface area (Å²) >= 11 is 6.37. The SMILES string of the molecule is O=C(O)c1ccc(Cl)c2c1[C@@H]1C=CC[C@@H]1[C@@H](c1ccncc1)N2.